The summed E-state index contributed by atoms with van der Waals surface area (Å²) in [5, 5.41) is 4.91. The second-order valence-corrected chi connectivity index (χ2v) is 6.26. The summed E-state index contributed by atoms with van der Waals surface area (Å²) in [4.78, 5) is 16.1. The van der Waals surface area contributed by atoms with Crippen molar-refractivity contribution < 1.29 is 4.79 Å². The largest absolute Gasteiger partial charge is 0.324 e. The Morgan fingerprint density at radius 2 is 1.95 bits per heavy atom. The third-order valence-corrected chi connectivity index (χ3v) is 4.30. The maximum Gasteiger partial charge on any atom is 0.224 e. The first-order valence-corrected chi connectivity index (χ1v) is 9.47. The molecule has 20 heavy (non-hydrogen) atoms. The van der Waals surface area contributed by atoms with E-state index in [-0.39, 0.29) is 5.91 Å². The van der Waals surface area contributed by atoms with Crippen molar-refractivity contribution in [1.82, 2.24) is 4.98 Å². The van der Waals surface area contributed by atoms with E-state index in [0.717, 1.165) is 28.9 Å². The number of aromatic nitrogens is 1. The molecule has 0 aromatic carbocycles. The van der Waals surface area contributed by atoms with Crippen molar-refractivity contribution in [3.8, 4) is 0 Å². The van der Waals surface area contributed by atoms with Gasteiger partial charge in [0.25, 0.3) is 0 Å². The van der Waals surface area contributed by atoms with Crippen LogP contribution in [-0.4, -0.2) is 22.5 Å². The summed E-state index contributed by atoms with van der Waals surface area (Å²) in [6.07, 6.45) is 11.4. The monoisotopic (exact) mass is 358 g/mol. The molecule has 3 nitrogen and oxygen atoms in total. The molecule has 5 heteroatoms. The lowest BCUT2D eigenvalue weighted by Gasteiger charge is -2.08. The first-order chi connectivity index (χ1) is 9.77. The molecule has 112 valence electrons. The molecule has 1 heterocycles. The third kappa shape index (κ3) is 7.29. The van der Waals surface area contributed by atoms with Gasteiger partial charge in [0.05, 0.1) is 5.69 Å². The van der Waals surface area contributed by atoms with E-state index in [0.29, 0.717) is 6.42 Å². The van der Waals surface area contributed by atoms with Gasteiger partial charge < -0.3 is 5.32 Å². The van der Waals surface area contributed by atoms with E-state index in [4.69, 9.17) is 0 Å². The minimum Gasteiger partial charge on any atom is -0.324 e. The van der Waals surface area contributed by atoms with Gasteiger partial charge in [0.15, 0.2) is 0 Å². The number of alkyl halides is 1. The Bertz CT molecular complexity index is 401. The summed E-state index contributed by atoms with van der Waals surface area (Å²) < 4.78 is 0. The lowest BCUT2D eigenvalue weighted by molar-refractivity contribution is -0.116. The highest BCUT2D eigenvalue weighted by molar-refractivity contribution is 9.09. The summed E-state index contributed by atoms with van der Waals surface area (Å²) >= 11 is 4.98. The van der Waals surface area contributed by atoms with Gasteiger partial charge in [0, 0.05) is 17.9 Å². The zero-order valence-corrected chi connectivity index (χ0v) is 14.4. The molecule has 0 aliphatic rings. The number of amides is 1. The Kier molecular flexibility index (Phi) is 9.75. The molecule has 0 saturated carbocycles. The van der Waals surface area contributed by atoms with Gasteiger partial charge in [-0.3, -0.25) is 4.79 Å². The maximum absolute atomic E-state index is 11.9. The SMILES string of the molecule is CSc1ncccc1NC(=O)CCCCCCCCBr. The first kappa shape index (κ1) is 17.5. The molecule has 0 fully saturated rings. The van der Waals surface area contributed by atoms with Gasteiger partial charge in [-0.05, 0) is 31.2 Å². The summed E-state index contributed by atoms with van der Waals surface area (Å²) in [5.74, 6) is 0.0914. The van der Waals surface area contributed by atoms with Crippen LogP contribution in [0.4, 0.5) is 5.69 Å². The normalized spacial score (nSPS) is 10.5. The van der Waals surface area contributed by atoms with Crippen LogP contribution in [0.2, 0.25) is 0 Å². The van der Waals surface area contributed by atoms with Gasteiger partial charge in [-0.25, -0.2) is 4.98 Å². The Labute approximate surface area is 134 Å². The predicted octanol–water partition coefficient (Wildman–Crippen LogP) is 4.87. The number of unbranched alkanes of at least 4 members (excludes halogenated alkanes) is 5. The van der Waals surface area contributed by atoms with Gasteiger partial charge in [0.1, 0.15) is 5.03 Å². The Hall–Kier alpha value is -0.550. The highest BCUT2D eigenvalue weighted by atomic mass is 79.9. The number of nitrogens with zero attached hydrogens (tertiary/aromatic N) is 1. The van der Waals surface area contributed by atoms with Crippen LogP contribution in [0, 0.1) is 0 Å². The molecule has 1 N–H and O–H groups in total. The van der Waals surface area contributed by atoms with Crippen LogP contribution in [0.1, 0.15) is 44.9 Å². The van der Waals surface area contributed by atoms with Crippen molar-refractivity contribution in [1.29, 1.82) is 0 Å². The number of carbonyl (C=O) groups is 1. The molecule has 0 bridgehead atoms. The van der Waals surface area contributed by atoms with Crippen molar-refractivity contribution in [3.63, 3.8) is 0 Å². The van der Waals surface area contributed by atoms with E-state index in [1.807, 2.05) is 18.4 Å². The quantitative estimate of drug-likeness (QED) is 0.368. The standard InChI is InChI=1S/C15H23BrN2OS/c1-20-15-13(9-8-12-17-15)18-14(19)10-6-4-2-3-5-7-11-16/h8-9,12H,2-7,10-11H2,1H3,(H,18,19). The minimum atomic E-state index is 0.0914. The molecule has 0 unspecified atom stereocenters. The summed E-state index contributed by atoms with van der Waals surface area (Å²) in [5.41, 5.74) is 0.822. The average Bonchev–Trinajstić information content (AvgIpc) is 2.47. The molecule has 0 saturated heterocycles. The van der Waals surface area contributed by atoms with E-state index in [2.05, 4.69) is 26.2 Å². The molecule has 0 aliphatic heterocycles. The van der Waals surface area contributed by atoms with Crippen LogP contribution in [0.25, 0.3) is 0 Å². The van der Waals surface area contributed by atoms with Crippen molar-refractivity contribution in [2.24, 2.45) is 0 Å². The van der Waals surface area contributed by atoms with E-state index in [9.17, 15) is 4.79 Å². The Morgan fingerprint density at radius 3 is 2.65 bits per heavy atom. The fourth-order valence-electron chi connectivity index (χ4n) is 1.95. The molecule has 1 aromatic heterocycles. The number of rotatable bonds is 10. The highest BCUT2D eigenvalue weighted by Crippen LogP contribution is 2.22. The van der Waals surface area contributed by atoms with Gasteiger partial charge in [0.2, 0.25) is 5.91 Å². The predicted molar refractivity (Wildman–Crippen MR) is 90.8 cm³/mol. The highest BCUT2D eigenvalue weighted by Gasteiger charge is 2.06. The van der Waals surface area contributed by atoms with Crippen LogP contribution >= 0.6 is 27.7 Å². The lowest BCUT2D eigenvalue weighted by atomic mass is 10.1. The van der Waals surface area contributed by atoms with E-state index >= 15 is 0 Å². The number of hydrogen-bond donors (Lipinski definition) is 1. The summed E-state index contributed by atoms with van der Waals surface area (Å²) in [6, 6.07) is 3.75. The average molecular weight is 359 g/mol. The number of pyridine rings is 1. The van der Waals surface area contributed by atoms with Crippen LogP contribution in [-0.2, 0) is 4.79 Å². The van der Waals surface area contributed by atoms with Crippen molar-refractivity contribution in [2.45, 2.75) is 50.0 Å². The number of anilines is 1. The number of thioether (sulfide) groups is 1. The van der Waals surface area contributed by atoms with Crippen molar-refractivity contribution >= 4 is 39.3 Å². The van der Waals surface area contributed by atoms with Crippen molar-refractivity contribution in [3.05, 3.63) is 18.3 Å². The minimum absolute atomic E-state index is 0.0914. The number of hydrogen-bond acceptors (Lipinski definition) is 3. The van der Waals surface area contributed by atoms with Gasteiger partial charge >= 0.3 is 0 Å². The molecule has 1 amide bonds. The molecular formula is C15H23BrN2OS. The number of carbonyl (C=O) groups excluding carboxylic acids is 1. The van der Waals surface area contributed by atoms with Crippen molar-refractivity contribution in [2.75, 3.05) is 16.9 Å². The molecule has 0 aliphatic carbocycles. The maximum atomic E-state index is 11.9. The van der Waals surface area contributed by atoms with E-state index in [1.165, 1.54) is 25.7 Å². The second-order valence-electron chi connectivity index (χ2n) is 4.67. The zero-order chi connectivity index (χ0) is 14.6. The molecule has 0 atom stereocenters. The number of halogens is 1. The third-order valence-electron chi connectivity index (χ3n) is 3.03. The smallest absolute Gasteiger partial charge is 0.224 e. The Balaban J connectivity index is 2.17. The van der Waals surface area contributed by atoms with Crippen LogP contribution in [0.3, 0.4) is 0 Å². The molecule has 0 radical (unpaired) electrons. The van der Waals surface area contributed by atoms with Crippen LogP contribution < -0.4 is 5.32 Å². The molecular weight excluding hydrogens is 336 g/mol. The summed E-state index contributed by atoms with van der Waals surface area (Å²) in [6.45, 7) is 0. The van der Waals surface area contributed by atoms with E-state index in [1.54, 1.807) is 18.0 Å². The first-order valence-electron chi connectivity index (χ1n) is 7.12. The lowest BCUT2D eigenvalue weighted by Crippen LogP contribution is -2.12. The van der Waals surface area contributed by atoms with Gasteiger partial charge in [-0.1, -0.05) is 41.6 Å². The van der Waals surface area contributed by atoms with Crippen LogP contribution in [0.15, 0.2) is 23.4 Å². The van der Waals surface area contributed by atoms with Gasteiger partial charge in [-0.15, -0.1) is 11.8 Å². The fraction of sp³-hybridized carbons (Fsp3) is 0.600. The molecule has 0 spiro atoms. The van der Waals surface area contributed by atoms with E-state index < -0.39 is 0 Å². The summed E-state index contributed by atoms with van der Waals surface area (Å²) in [7, 11) is 0. The molecule has 1 rings (SSSR count). The second kappa shape index (κ2) is 11.1. The topological polar surface area (TPSA) is 42.0 Å². The molecule has 1 aromatic rings. The van der Waals surface area contributed by atoms with Gasteiger partial charge in [-0.2, -0.15) is 0 Å². The van der Waals surface area contributed by atoms with Crippen LogP contribution in [0.5, 0.6) is 0 Å². The zero-order valence-electron chi connectivity index (χ0n) is 12.0. The Morgan fingerprint density at radius 1 is 1.25 bits per heavy atom. The fourth-order valence-corrected chi connectivity index (χ4v) is 2.85. The number of nitrogens with one attached hydrogen (secondary N) is 1.